The standard InChI is InChI=1S/C22H18F6N4O4S.ClH/c1-11(21(23,24)25)35-17-6-4-13(9-14(17)22(26,27)28)20-31-19(32-36-20)12-3-5-15-16(10-12)30-18(29-15)7-8-37(2,33)34;/h3-6,9-11H,7-8H2,1-2H3,(H,29,30);1H. The van der Waals surface area contributed by atoms with Crippen molar-refractivity contribution in [2.75, 3.05) is 12.0 Å². The SMILES string of the molecule is CC(Oc1ccc(-c2nc(-c3ccc4[nH]c(CCS(C)(=O)=O)nc4c3)no2)cc1C(F)(F)F)C(F)(F)F.Cl. The molecule has 0 bridgehead atoms. The highest BCUT2D eigenvalue weighted by Gasteiger charge is 2.41. The van der Waals surface area contributed by atoms with E-state index in [0.717, 1.165) is 18.4 Å². The molecule has 2 aromatic heterocycles. The number of H-pyrrole nitrogens is 1. The van der Waals surface area contributed by atoms with Crippen molar-refractivity contribution in [3.63, 3.8) is 0 Å². The van der Waals surface area contributed by atoms with Gasteiger partial charge in [0.15, 0.2) is 6.10 Å². The molecule has 38 heavy (non-hydrogen) atoms. The summed E-state index contributed by atoms with van der Waals surface area (Å²) in [7, 11) is -3.18. The second kappa shape index (κ2) is 10.4. The molecule has 4 rings (SSSR count). The fraction of sp³-hybridized carbons (Fsp3) is 0.318. The Hall–Kier alpha value is -3.33. The molecule has 0 amide bonds. The summed E-state index contributed by atoms with van der Waals surface area (Å²) < 4.78 is 111. The summed E-state index contributed by atoms with van der Waals surface area (Å²) in [4.78, 5) is 11.4. The minimum absolute atomic E-state index is 0. The Morgan fingerprint density at radius 2 is 1.71 bits per heavy atom. The van der Waals surface area contributed by atoms with Crippen molar-refractivity contribution in [1.29, 1.82) is 0 Å². The molecule has 2 heterocycles. The van der Waals surface area contributed by atoms with Crippen molar-refractivity contribution >= 4 is 33.3 Å². The van der Waals surface area contributed by atoms with Crippen LogP contribution >= 0.6 is 12.4 Å². The number of benzene rings is 2. The maximum Gasteiger partial charge on any atom is 0.425 e. The molecular weight excluding hydrogens is 566 g/mol. The molecule has 16 heteroatoms. The lowest BCUT2D eigenvalue weighted by Crippen LogP contribution is -2.31. The van der Waals surface area contributed by atoms with Gasteiger partial charge in [0, 0.05) is 23.8 Å². The summed E-state index contributed by atoms with van der Waals surface area (Å²) in [6.45, 7) is 0.600. The molecular formula is C22H19ClF6N4O4S. The maximum absolute atomic E-state index is 13.6. The molecule has 0 radical (unpaired) electrons. The lowest BCUT2D eigenvalue weighted by molar-refractivity contribution is -0.191. The number of fused-ring (bicyclic) bond motifs is 1. The highest BCUT2D eigenvalue weighted by Crippen LogP contribution is 2.40. The van der Waals surface area contributed by atoms with E-state index in [2.05, 4.69) is 24.8 Å². The van der Waals surface area contributed by atoms with Gasteiger partial charge in [-0.2, -0.15) is 31.3 Å². The van der Waals surface area contributed by atoms with Crippen LogP contribution in [0.3, 0.4) is 0 Å². The average Bonchev–Trinajstić information content (AvgIpc) is 3.42. The van der Waals surface area contributed by atoms with Crippen LogP contribution in [-0.2, 0) is 22.4 Å². The minimum atomic E-state index is -5.01. The number of alkyl halides is 6. The number of imidazole rings is 1. The van der Waals surface area contributed by atoms with Gasteiger partial charge in [-0.15, -0.1) is 12.4 Å². The summed E-state index contributed by atoms with van der Waals surface area (Å²) in [5.74, 6) is -0.902. The van der Waals surface area contributed by atoms with Crippen molar-refractivity contribution in [3.8, 4) is 28.6 Å². The molecule has 1 unspecified atom stereocenters. The predicted octanol–water partition coefficient (Wildman–Crippen LogP) is 5.64. The van der Waals surface area contributed by atoms with Crippen molar-refractivity contribution in [1.82, 2.24) is 20.1 Å². The molecule has 0 fully saturated rings. The van der Waals surface area contributed by atoms with Crippen LogP contribution in [0.2, 0.25) is 0 Å². The topological polar surface area (TPSA) is 111 Å². The lowest BCUT2D eigenvalue weighted by Gasteiger charge is -2.20. The Balaban J connectivity index is 0.00000400. The molecule has 0 spiro atoms. The highest BCUT2D eigenvalue weighted by atomic mass is 35.5. The van der Waals surface area contributed by atoms with Gasteiger partial charge in [-0.25, -0.2) is 13.4 Å². The van der Waals surface area contributed by atoms with Gasteiger partial charge in [-0.3, -0.25) is 0 Å². The number of hydrogen-bond acceptors (Lipinski definition) is 7. The van der Waals surface area contributed by atoms with Gasteiger partial charge in [0.1, 0.15) is 21.4 Å². The first-order chi connectivity index (χ1) is 17.1. The van der Waals surface area contributed by atoms with Gasteiger partial charge in [0.25, 0.3) is 5.89 Å². The van der Waals surface area contributed by atoms with E-state index in [0.29, 0.717) is 35.4 Å². The third kappa shape index (κ3) is 6.75. The van der Waals surface area contributed by atoms with E-state index in [4.69, 9.17) is 4.52 Å². The number of nitrogens with one attached hydrogen (secondary N) is 1. The second-order valence-corrected chi connectivity index (χ2v) is 10.5. The Morgan fingerprint density at radius 1 is 1.03 bits per heavy atom. The lowest BCUT2D eigenvalue weighted by atomic mass is 10.1. The van der Waals surface area contributed by atoms with Crippen molar-refractivity contribution in [3.05, 3.63) is 47.8 Å². The van der Waals surface area contributed by atoms with E-state index in [9.17, 15) is 34.8 Å². The van der Waals surface area contributed by atoms with Crippen molar-refractivity contribution in [2.24, 2.45) is 0 Å². The summed E-state index contributed by atoms with van der Waals surface area (Å²) >= 11 is 0. The van der Waals surface area contributed by atoms with E-state index in [1.165, 1.54) is 0 Å². The average molecular weight is 585 g/mol. The van der Waals surface area contributed by atoms with Crippen LogP contribution in [-0.4, -0.2) is 52.8 Å². The monoisotopic (exact) mass is 584 g/mol. The fourth-order valence-corrected chi connectivity index (χ4v) is 3.86. The smallest absolute Gasteiger partial charge is 0.425 e. The number of rotatable bonds is 7. The number of aromatic nitrogens is 4. The zero-order valence-electron chi connectivity index (χ0n) is 19.5. The van der Waals surface area contributed by atoms with Crippen LogP contribution in [0.1, 0.15) is 18.3 Å². The molecule has 0 aliphatic carbocycles. The molecule has 0 saturated carbocycles. The minimum Gasteiger partial charge on any atom is -0.481 e. The Labute approximate surface area is 217 Å². The summed E-state index contributed by atoms with van der Waals surface area (Å²) in [6.07, 6.45) is -11.0. The number of sulfone groups is 1. The first-order valence-corrected chi connectivity index (χ1v) is 12.6. The molecule has 0 aliphatic rings. The quantitative estimate of drug-likeness (QED) is 0.280. The van der Waals surface area contributed by atoms with Gasteiger partial charge in [0.2, 0.25) is 5.82 Å². The number of ether oxygens (including phenoxy) is 1. The fourth-order valence-electron chi connectivity index (χ4n) is 3.30. The molecule has 1 N–H and O–H groups in total. The second-order valence-electron chi connectivity index (χ2n) is 8.23. The summed E-state index contributed by atoms with van der Waals surface area (Å²) in [6, 6.07) is 7.25. The normalized spacial score (nSPS) is 13.4. The van der Waals surface area contributed by atoms with E-state index in [1.807, 2.05) is 0 Å². The van der Waals surface area contributed by atoms with Gasteiger partial charge < -0.3 is 14.2 Å². The van der Waals surface area contributed by atoms with Crippen LogP contribution in [0.15, 0.2) is 40.9 Å². The first-order valence-electron chi connectivity index (χ1n) is 10.6. The zero-order chi connectivity index (χ0) is 27.2. The van der Waals surface area contributed by atoms with Crippen LogP contribution in [0, 0.1) is 0 Å². The third-order valence-electron chi connectivity index (χ3n) is 5.22. The van der Waals surface area contributed by atoms with Gasteiger partial charge in [-0.05, 0) is 43.3 Å². The van der Waals surface area contributed by atoms with Gasteiger partial charge in [-0.1, -0.05) is 5.16 Å². The number of hydrogen-bond donors (Lipinski definition) is 1. The Morgan fingerprint density at radius 3 is 2.34 bits per heavy atom. The van der Waals surface area contributed by atoms with E-state index >= 15 is 0 Å². The van der Waals surface area contributed by atoms with Crippen LogP contribution in [0.5, 0.6) is 5.75 Å². The summed E-state index contributed by atoms with van der Waals surface area (Å²) in [5.41, 5.74) is -0.0949. The number of aromatic amines is 1. The molecule has 8 nitrogen and oxygen atoms in total. The molecule has 0 saturated heterocycles. The number of nitrogens with zero attached hydrogens (tertiary/aromatic N) is 3. The van der Waals surface area contributed by atoms with Crippen LogP contribution in [0.25, 0.3) is 33.9 Å². The zero-order valence-corrected chi connectivity index (χ0v) is 21.1. The summed E-state index contributed by atoms with van der Waals surface area (Å²) in [5, 5.41) is 3.78. The van der Waals surface area contributed by atoms with E-state index in [-0.39, 0.29) is 41.9 Å². The highest BCUT2D eigenvalue weighted by molar-refractivity contribution is 7.90. The van der Waals surface area contributed by atoms with Crippen molar-refractivity contribution < 1.29 is 44.0 Å². The molecule has 1 atom stereocenters. The Bertz CT molecular complexity index is 1550. The number of halogens is 7. The molecule has 4 aromatic rings. The largest absolute Gasteiger partial charge is 0.481 e. The third-order valence-corrected chi connectivity index (χ3v) is 6.17. The Kier molecular flexibility index (Phi) is 8.03. The molecule has 206 valence electrons. The van der Waals surface area contributed by atoms with Crippen LogP contribution < -0.4 is 4.74 Å². The maximum atomic E-state index is 13.6. The van der Waals surface area contributed by atoms with Crippen LogP contribution in [0.4, 0.5) is 26.3 Å². The van der Waals surface area contributed by atoms with Gasteiger partial charge in [0.05, 0.1) is 22.3 Å². The molecule has 0 aliphatic heterocycles. The van der Waals surface area contributed by atoms with E-state index in [1.54, 1.807) is 18.2 Å². The molecule has 2 aromatic carbocycles. The van der Waals surface area contributed by atoms with E-state index < -0.39 is 39.6 Å². The number of aryl methyl sites for hydroxylation is 1. The van der Waals surface area contributed by atoms with Gasteiger partial charge >= 0.3 is 12.4 Å². The first kappa shape index (κ1) is 29.2. The predicted molar refractivity (Wildman–Crippen MR) is 127 cm³/mol. The van der Waals surface area contributed by atoms with Crippen molar-refractivity contribution in [2.45, 2.75) is 31.8 Å².